The van der Waals surface area contributed by atoms with Crippen LogP contribution in [-0.2, 0) is 22.2 Å². The highest BCUT2D eigenvalue weighted by Gasteiger charge is 2.36. The van der Waals surface area contributed by atoms with Gasteiger partial charge in [-0.15, -0.1) is 0 Å². The Labute approximate surface area is 290 Å². The number of fused-ring (bicyclic) bond motifs is 1. The highest BCUT2D eigenvalue weighted by Crippen LogP contribution is 2.44. The van der Waals surface area contributed by atoms with Gasteiger partial charge in [0.15, 0.2) is 34.4 Å². The molecular formula is C33H35F4N8O5P. The Kier molecular flexibility index (Phi) is 10.4. The average molecular weight is 731 g/mol. The number of imidazole rings is 1. The lowest BCUT2D eigenvalue weighted by molar-refractivity contribution is 0.0983. The molecule has 51 heavy (non-hydrogen) atoms. The number of nitrogens with two attached hydrogens (primary N) is 1. The van der Waals surface area contributed by atoms with Gasteiger partial charge in [0.05, 0.1) is 45.6 Å². The summed E-state index contributed by atoms with van der Waals surface area (Å²) in [5.41, 5.74) is 7.77. The van der Waals surface area contributed by atoms with Crippen molar-refractivity contribution in [3.05, 3.63) is 84.1 Å². The van der Waals surface area contributed by atoms with E-state index in [0.717, 1.165) is 12.1 Å². The number of methoxy groups -OCH3 is 2. The molecule has 0 saturated carbocycles. The van der Waals surface area contributed by atoms with E-state index >= 15 is 0 Å². The SMILES string of the molecule is COc1ccc(COP(=O)(O)Nc2ncnc3c2ncn3Cc2c(N3CCC[C@](N)(CC(F)F)C3)cnc(-c3ccc(F)c(F)c3)c2OC)cc1. The van der Waals surface area contributed by atoms with Crippen molar-refractivity contribution in [2.75, 3.05) is 37.3 Å². The Balaban J connectivity index is 1.35. The number of pyridine rings is 1. The van der Waals surface area contributed by atoms with Crippen molar-refractivity contribution in [3.63, 3.8) is 0 Å². The number of aromatic nitrogens is 5. The summed E-state index contributed by atoms with van der Waals surface area (Å²) in [6.07, 6.45) is 1.98. The number of halogens is 4. The highest BCUT2D eigenvalue weighted by molar-refractivity contribution is 7.54. The Bertz CT molecular complexity index is 2070. The van der Waals surface area contributed by atoms with E-state index < -0.39 is 37.8 Å². The summed E-state index contributed by atoms with van der Waals surface area (Å²) in [4.78, 5) is 29.9. The fraction of sp³-hybridized carbons (Fsp3) is 0.333. The summed E-state index contributed by atoms with van der Waals surface area (Å²) in [7, 11) is -1.52. The van der Waals surface area contributed by atoms with E-state index in [9.17, 15) is 27.0 Å². The summed E-state index contributed by atoms with van der Waals surface area (Å²) in [6, 6.07) is 10.1. The summed E-state index contributed by atoms with van der Waals surface area (Å²) >= 11 is 0. The first-order valence-electron chi connectivity index (χ1n) is 15.8. The molecule has 270 valence electrons. The fourth-order valence-electron chi connectivity index (χ4n) is 6.15. The van der Waals surface area contributed by atoms with E-state index in [0.29, 0.717) is 42.0 Å². The van der Waals surface area contributed by atoms with E-state index in [1.807, 2.05) is 4.90 Å². The van der Waals surface area contributed by atoms with Crippen LogP contribution in [0.15, 0.2) is 61.3 Å². The summed E-state index contributed by atoms with van der Waals surface area (Å²) in [5, 5.41) is 2.43. The zero-order chi connectivity index (χ0) is 36.3. The predicted octanol–water partition coefficient (Wildman–Crippen LogP) is 5.91. The molecule has 4 N–H and O–H groups in total. The summed E-state index contributed by atoms with van der Waals surface area (Å²) in [5.74, 6) is -1.35. The van der Waals surface area contributed by atoms with Crippen LogP contribution in [0.3, 0.4) is 0 Å². The van der Waals surface area contributed by atoms with Gasteiger partial charge in [0.25, 0.3) is 0 Å². The lowest BCUT2D eigenvalue weighted by atomic mass is 9.86. The number of rotatable bonds is 13. The van der Waals surface area contributed by atoms with Gasteiger partial charge in [0, 0.05) is 36.2 Å². The zero-order valence-corrected chi connectivity index (χ0v) is 28.5. The topological polar surface area (TPSA) is 163 Å². The fourth-order valence-corrected chi connectivity index (χ4v) is 6.97. The van der Waals surface area contributed by atoms with Gasteiger partial charge in [-0.05, 0) is 48.7 Å². The van der Waals surface area contributed by atoms with Crippen molar-refractivity contribution in [1.29, 1.82) is 0 Å². The normalized spacial score (nSPS) is 17.5. The van der Waals surface area contributed by atoms with Crippen molar-refractivity contribution >= 4 is 30.4 Å². The maximum Gasteiger partial charge on any atom is 0.431 e. The third-order valence-corrected chi connectivity index (χ3v) is 9.54. The lowest BCUT2D eigenvalue weighted by Crippen LogP contribution is -2.55. The number of alkyl halides is 2. The largest absolute Gasteiger partial charge is 0.497 e. The van der Waals surface area contributed by atoms with Crippen LogP contribution in [0.4, 0.5) is 29.1 Å². The average Bonchev–Trinajstić information content (AvgIpc) is 3.51. The number of piperidine rings is 1. The Morgan fingerprint density at radius 3 is 2.55 bits per heavy atom. The van der Waals surface area contributed by atoms with Crippen molar-refractivity contribution in [1.82, 2.24) is 24.5 Å². The number of anilines is 2. The highest BCUT2D eigenvalue weighted by atomic mass is 31.2. The first-order valence-corrected chi connectivity index (χ1v) is 17.3. The minimum Gasteiger partial charge on any atom is -0.497 e. The van der Waals surface area contributed by atoms with E-state index in [2.05, 4.69) is 25.0 Å². The molecule has 2 atom stereocenters. The molecule has 6 rings (SSSR count). The standard InChI is InChI=1S/C33H35F4N8O5P/c1-48-22-7-4-20(5-8-22)16-50-51(46,47)43-31-29-32(41-18-40-31)45(19-42-29)15-23-26(44-11-3-10-33(38,17-44)13-27(36)37)14-39-28(30(23)49-2)21-6-9-24(34)25(35)12-21/h4-9,12,14,18-19,27H,3,10-11,13,15-17,38H2,1-2H3,(H2,40,41,43,46,47)/t33-/m0/s1. The van der Waals surface area contributed by atoms with Crippen molar-refractivity contribution in [2.45, 2.75) is 44.4 Å². The molecule has 3 aromatic heterocycles. The molecule has 0 bridgehead atoms. The minimum atomic E-state index is -4.45. The van der Waals surface area contributed by atoms with Gasteiger partial charge in [-0.1, -0.05) is 12.1 Å². The van der Waals surface area contributed by atoms with Crippen molar-refractivity contribution in [2.24, 2.45) is 5.73 Å². The molecule has 0 amide bonds. The molecule has 1 aliphatic rings. The minimum absolute atomic E-state index is 0.0122. The second kappa shape index (κ2) is 14.8. The lowest BCUT2D eigenvalue weighted by Gasteiger charge is -2.42. The summed E-state index contributed by atoms with van der Waals surface area (Å²) in [6.45, 7) is 0.408. The molecule has 0 aliphatic carbocycles. The molecule has 1 unspecified atom stereocenters. The van der Waals surface area contributed by atoms with Crippen LogP contribution in [0.1, 0.15) is 30.4 Å². The van der Waals surface area contributed by atoms with Crippen molar-refractivity contribution in [3.8, 4) is 22.8 Å². The third kappa shape index (κ3) is 8.06. The van der Waals surface area contributed by atoms with Crippen LogP contribution in [0.2, 0.25) is 0 Å². The van der Waals surface area contributed by atoms with Gasteiger partial charge in [-0.3, -0.25) is 14.6 Å². The molecular weight excluding hydrogens is 695 g/mol. The van der Waals surface area contributed by atoms with Crippen molar-refractivity contribution < 1.29 is 41.0 Å². The molecule has 13 nitrogen and oxygen atoms in total. The van der Waals surface area contributed by atoms with E-state index in [1.54, 1.807) is 28.8 Å². The third-order valence-electron chi connectivity index (χ3n) is 8.56. The molecule has 0 radical (unpaired) electrons. The van der Waals surface area contributed by atoms with Gasteiger partial charge in [-0.2, -0.15) is 0 Å². The van der Waals surface area contributed by atoms with Gasteiger partial charge >= 0.3 is 7.75 Å². The molecule has 4 heterocycles. The van der Waals surface area contributed by atoms with Crippen LogP contribution in [-0.4, -0.2) is 68.7 Å². The number of nitrogens with one attached hydrogen (secondary N) is 1. The number of benzene rings is 2. The zero-order valence-electron chi connectivity index (χ0n) is 27.6. The van der Waals surface area contributed by atoms with E-state index in [4.69, 9.17) is 19.7 Å². The summed E-state index contributed by atoms with van der Waals surface area (Å²) < 4.78 is 86.2. The predicted molar refractivity (Wildman–Crippen MR) is 181 cm³/mol. The first-order chi connectivity index (χ1) is 24.4. The number of hydrogen-bond donors (Lipinski definition) is 3. The van der Waals surface area contributed by atoms with Gasteiger partial charge in [0.1, 0.15) is 17.8 Å². The monoisotopic (exact) mass is 730 g/mol. The molecule has 5 aromatic rings. The Morgan fingerprint density at radius 1 is 1.06 bits per heavy atom. The molecule has 1 aliphatic heterocycles. The van der Waals surface area contributed by atoms with Gasteiger partial charge in [0.2, 0.25) is 6.43 Å². The molecule has 1 fully saturated rings. The van der Waals surface area contributed by atoms with Gasteiger partial charge in [-0.25, -0.2) is 37.1 Å². The van der Waals surface area contributed by atoms with E-state index in [-0.39, 0.29) is 53.7 Å². The van der Waals surface area contributed by atoms with Gasteiger partial charge < -0.3 is 29.6 Å². The Morgan fingerprint density at radius 2 is 1.84 bits per heavy atom. The maximum atomic E-state index is 14.3. The van der Waals surface area contributed by atoms with Crippen LogP contribution in [0, 0.1) is 11.6 Å². The van der Waals surface area contributed by atoms with Crippen LogP contribution >= 0.6 is 7.75 Å². The first kappa shape index (κ1) is 36.0. The number of hydrogen-bond acceptors (Lipinski definition) is 10. The second-order valence-electron chi connectivity index (χ2n) is 12.1. The number of ether oxygens (including phenoxy) is 2. The quantitative estimate of drug-likeness (QED) is 0.0971. The smallest absolute Gasteiger partial charge is 0.431 e. The van der Waals surface area contributed by atoms with E-state index in [1.165, 1.54) is 39.1 Å². The molecule has 18 heteroatoms. The Hall–Kier alpha value is -4.83. The molecule has 1 saturated heterocycles. The molecule has 2 aromatic carbocycles. The van der Waals surface area contributed by atoms with Crippen LogP contribution < -0.4 is 25.2 Å². The molecule has 0 spiro atoms. The van der Waals surface area contributed by atoms with Crippen LogP contribution in [0.5, 0.6) is 11.5 Å². The second-order valence-corrected chi connectivity index (χ2v) is 13.7. The maximum absolute atomic E-state index is 14.3. The number of nitrogens with zero attached hydrogens (tertiary/aromatic N) is 6. The van der Waals surface area contributed by atoms with Crippen LogP contribution in [0.25, 0.3) is 22.4 Å².